The lowest BCUT2D eigenvalue weighted by molar-refractivity contribution is 0.0607. The van der Waals surface area contributed by atoms with Crippen LogP contribution in [0.15, 0.2) is 0 Å². The molecule has 0 aromatic carbocycles. The van der Waals surface area contributed by atoms with Gasteiger partial charge in [-0.15, -0.1) is 11.3 Å². The topological polar surface area (TPSA) is 88.1 Å². The van der Waals surface area contributed by atoms with Crippen LogP contribution < -0.4 is 11.1 Å². The number of thiophene rings is 1. The Balaban J connectivity index is 3.22. The van der Waals surface area contributed by atoms with Crippen LogP contribution in [0.25, 0.3) is 0 Å². The third-order valence-corrected chi connectivity index (χ3v) is 2.91. The SMILES string of the molecule is CCNc1sc(C(=O)OC)c(N)c1C#N. The Kier molecular flexibility index (Phi) is 3.52. The number of nitrogens with zero attached hydrogens (tertiary/aromatic N) is 1. The normalized spacial score (nSPS) is 9.40. The van der Waals surface area contributed by atoms with Crippen molar-refractivity contribution in [1.82, 2.24) is 0 Å². The highest BCUT2D eigenvalue weighted by Crippen LogP contribution is 2.35. The number of carbonyl (C=O) groups excluding carboxylic acids is 1. The molecule has 5 nitrogen and oxygen atoms in total. The molecule has 0 atom stereocenters. The maximum atomic E-state index is 11.3. The molecule has 0 saturated carbocycles. The maximum Gasteiger partial charge on any atom is 0.350 e. The minimum atomic E-state index is -0.516. The van der Waals surface area contributed by atoms with Crippen LogP contribution in [0, 0.1) is 11.3 Å². The molecular formula is C9H11N3O2S. The van der Waals surface area contributed by atoms with Gasteiger partial charge < -0.3 is 15.8 Å². The van der Waals surface area contributed by atoms with E-state index in [1.165, 1.54) is 7.11 Å². The highest BCUT2D eigenvalue weighted by Gasteiger charge is 2.20. The summed E-state index contributed by atoms with van der Waals surface area (Å²) in [6, 6.07) is 1.96. The van der Waals surface area contributed by atoms with Crippen LogP contribution in [0.1, 0.15) is 22.2 Å². The number of rotatable bonds is 3. The number of nitrogens with two attached hydrogens (primary N) is 1. The Morgan fingerprint density at radius 3 is 2.87 bits per heavy atom. The Morgan fingerprint density at radius 1 is 1.73 bits per heavy atom. The van der Waals surface area contributed by atoms with E-state index < -0.39 is 5.97 Å². The molecule has 0 saturated heterocycles. The van der Waals surface area contributed by atoms with Gasteiger partial charge >= 0.3 is 5.97 Å². The van der Waals surface area contributed by atoms with Crippen molar-refractivity contribution in [1.29, 1.82) is 5.26 Å². The molecule has 1 rings (SSSR count). The number of ether oxygens (including phenoxy) is 1. The van der Waals surface area contributed by atoms with E-state index >= 15 is 0 Å². The summed E-state index contributed by atoms with van der Waals surface area (Å²) in [5, 5.41) is 12.5. The molecule has 0 amide bonds. The fraction of sp³-hybridized carbons (Fsp3) is 0.333. The zero-order chi connectivity index (χ0) is 11.4. The Hall–Kier alpha value is -1.74. The first kappa shape index (κ1) is 11.3. The highest BCUT2D eigenvalue weighted by molar-refractivity contribution is 7.18. The molecule has 80 valence electrons. The lowest BCUT2D eigenvalue weighted by Crippen LogP contribution is -2.02. The number of hydrogen-bond acceptors (Lipinski definition) is 6. The highest BCUT2D eigenvalue weighted by atomic mass is 32.1. The van der Waals surface area contributed by atoms with E-state index in [1.54, 1.807) is 0 Å². The molecule has 15 heavy (non-hydrogen) atoms. The van der Waals surface area contributed by atoms with Gasteiger partial charge in [0.25, 0.3) is 0 Å². The van der Waals surface area contributed by atoms with Gasteiger partial charge in [0.05, 0.1) is 12.8 Å². The van der Waals surface area contributed by atoms with Crippen LogP contribution in [0.4, 0.5) is 10.7 Å². The summed E-state index contributed by atoms with van der Waals surface area (Å²) in [5.41, 5.74) is 6.16. The van der Waals surface area contributed by atoms with Crippen LogP contribution in [-0.4, -0.2) is 19.6 Å². The smallest absolute Gasteiger partial charge is 0.350 e. The lowest BCUT2D eigenvalue weighted by Gasteiger charge is -1.97. The van der Waals surface area contributed by atoms with E-state index in [4.69, 9.17) is 11.0 Å². The summed E-state index contributed by atoms with van der Waals surface area (Å²) in [7, 11) is 1.28. The molecule has 1 aromatic rings. The van der Waals surface area contributed by atoms with Gasteiger partial charge in [-0.1, -0.05) is 0 Å². The summed E-state index contributed by atoms with van der Waals surface area (Å²) < 4.78 is 4.56. The quantitative estimate of drug-likeness (QED) is 0.759. The van der Waals surface area contributed by atoms with Crippen LogP contribution >= 0.6 is 11.3 Å². The van der Waals surface area contributed by atoms with Gasteiger partial charge in [0.2, 0.25) is 0 Å². The molecule has 0 aliphatic rings. The lowest BCUT2D eigenvalue weighted by atomic mass is 10.2. The Labute approximate surface area is 91.5 Å². The Morgan fingerprint density at radius 2 is 2.40 bits per heavy atom. The van der Waals surface area contributed by atoms with Crippen molar-refractivity contribution in [3.8, 4) is 6.07 Å². The molecule has 0 fully saturated rings. The predicted octanol–water partition coefficient (Wildman–Crippen LogP) is 1.42. The minimum Gasteiger partial charge on any atom is -0.465 e. The molecule has 0 aliphatic heterocycles. The van der Waals surface area contributed by atoms with Gasteiger partial charge in [-0.3, -0.25) is 0 Å². The standard InChI is InChI=1S/C9H11N3O2S/c1-3-12-8-5(4-10)6(11)7(15-8)9(13)14-2/h12H,3,11H2,1-2H3. The van der Waals surface area contributed by atoms with Crippen molar-refractivity contribution in [3.05, 3.63) is 10.4 Å². The molecule has 0 spiro atoms. The number of hydrogen-bond donors (Lipinski definition) is 2. The van der Waals surface area contributed by atoms with E-state index in [0.29, 0.717) is 17.1 Å². The summed E-state index contributed by atoms with van der Waals surface area (Å²) in [6.45, 7) is 2.56. The van der Waals surface area contributed by atoms with Crippen LogP contribution in [-0.2, 0) is 4.74 Å². The van der Waals surface area contributed by atoms with E-state index in [1.807, 2.05) is 13.0 Å². The molecule has 6 heteroatoms. The predicted molar refractivity (Wildman–Crippen MR) is 58.9 cm³/mol. The second-order valence-electron chi connectivity index (χ2n) is 2.68. The zero-order valence-corrected chi connectivity index (χ0v) is 9.27. The maximum absolute atomic E-state index is 11.3. The van der Waals surface area contributed by atoms with Gasteiger partial charge in [0.1, 0.15) is 21.5 Å². The van der Waals surface area contributed by atoms with Gasteiger partial charge in [0, 0.05) is 6.54 Å². The van der Waals surface area contributed by atoms with Crippen molar-refractivity contribution in [2.45, 2.75) is 6.92 Å². The number of anilines is 2. The fourth-order valence-corrected chi connectivity index (χ4v) is 2.14. The third kappa shape index (κ3) is 2.02. The number of nitriles is 1. The molecule has 0 radical (unpaired) electrons. The molecular weight excluding hydrogens is 214 g/mol. The monoisotopic (exact) mass is 225 g/mol. The molecule has 1 aromatic heterocycles. The first-order chi connectivity index (χ1) is 7.15. The average molecular weight is 225 g/mol. The molecule has 1 heterocycles. The van der Waals surface area contributed by atoms with E-state index in [0.717, 1.165) is 11.3 Å². The largest absolute Gasteiger partial charge is 0.465 e. The number of carbonyl (C=O) groups is 1. The van der Waals surface area contributed by atoms with Crippen molar-refractivity contribution < 1.29 is 9.53 Å². The number of nitrogens with one attached hydrogen (secondary N) is 1. The van der Waals surface area contributed by atoms with Crippen molar-refractivity contribution >= 4 is 28.0 Å². The number of methoxy groups -OCH3 is 1. The molecule has 0 bridgehead atoms. The first-order valence-electron chi connectivity index (χ1n) is 4.30. The van der Waals surface area contributed by atoms with Crippen LogP contribution in [0.3, 0.4) is 0 Å². The molecule has 3 N–H and O–H groups in total. The van der Waals surface area contributed by atoms with Crippen molar-refractivity contribution in [2.75, 3.05) is 24.7 Å². The van der Waals surface area contributed by atoms with Crippen molar-refractivity contribution in [2.24, 2.45) is 0 Å². The van der Waals surface area contributed by atoms with E-state index in [-0.39, 0.29) is 10.6 Å². The molecule has 0 aliphatic carbocycles. The van der Waals surface area contributed by atoms with Crippen LogP contribution in [0.5, 0.6) is 0 Å². The van der Waals surface area contributed by atoms with Crippen LogP contribution in [0.2, 0.25) is 0 Å². The summed E-state index contributed by atoms with van der Waals surface area (Å²) in [4.78, 5) is 11.6. The zero-order valence-electron chi connectivity index (χ0n) is 8.46. The van der Waals surface area contributed by atoms with Gasteiger partial charge in [-0.25, -0.2) is 4.79 Å². The Bertz CT molecular complexity index is 420. The summed E-state index contributed by atoms with van der Waals surface area (Å²) >= 11 is 1.13. The summed E-state index contributed by atoms with van der Waals surface area (Å²) in [6.07, 6.45) is 0. The van der Waals surface area contributed by atoms with Crippen molar-refractivity contribution in [3.63, 3.8) is 0 Å². The number of nitrogen functional groups attached to an aromatic ring is 1. The average Bonchev–Trinajstić information content (AvgIpc) is 2.55. The summed E-state index contributed by atoms with van der Waals surface area (Å²) in [5.74, 6) is -0.516. The van der Waals surface area contributed by atoms with E-state index in [2.05, 4.69) is 10.1 Å². The van der Waals surface area contributed by atoms with E-state index in [9.17, 15) is 4.79 Å². The number of esters is 1. The second kappa shape index (κ2) is 4.66. The van der Waals surface area contributed by atoms with Gasteiger partial charge in [-0.05, 0) is 6.92 Å². The fourth-order valence-electron chi connectivity index (χ4n) is 1.08. The first-order valence-corrected chi connectivity index (χ1v) is 5.11. The van der Waals surface area contributed by atoms with Gasteiger partial charge in [-0.2, -0.15) is 5.26 Å². The second-order valence-corrected chi connectivity index (χ2v) is 3.70. The van der Waals surface area contributed by atoms with Gasteiger partial charge in [0.15, 0.2) is 0 Å². The minimum absolute atomic E-state index is 0.185. The third-order valence-electron chi connectivity index (χ3n) is 1.77. The molecule has 0 unspecified atom stereocenters.